The third-order valence-electron chi connectivity index (χ3n) is 3.16. The molecule has 0 bridgehead atoms. The Balaban J connectivity index is 2.26. The predicted molar refractivity (Wildman–Crippen MR) is 83.3 cm³/mol. The van der Waals surface area contributed by atoms with Gasteiger partial charge in [-0.1, -0.05) is 52.3 Å². The fourth-order valence-electron chi connectivity index (χ4n) is 2.16. The number of rotatable bonds is 4. The van der Waals surface area contributed by atoms with Crippen LogP contribution in [0.4, 0.5) is 5.69 Å². The highest BCUT2D eigenvalue weighted by Gasteiger charge is 2.11. The van der Waals surface area contributed by atoms with Crippen LogP contribution in [0.3, 0.4) is 0 Å². The van der Waals surface area contributed by atoms with Crippen molar-refractivity contribution in [2.75, 3.05) is 11.9 Å². The largest absolute Gasteiger partial charge is 0.389 e. The molecule has 0 aliphatic carbocycles. The fourth-order valence-corrected chi connectivity index (χ4v) is 2.57. The summed E-state index contributed by atoms with van der Waals surface area (Å²) >= 11 is 3.57. The van der Waals surface area contributed by atoms with E-state index in [1.165, 1.54) is 5.56 Å². The molecule has 0 aliphatic heterocycles. The molecule has 0 fully saturated rings. The normalized spacial score (nSPS) is 12.2. The Morgan fingerprint density at radius 2 is 1.74 bits per heavy atom. The van der Waals surface area contributed by atoms with Crippen LogP contribution in [0.25, 0.3) is 0 Å². The monoisotopic (exact) mass is 319 g/mol. The Hall–Kier alpha value is -1.32. The van der Waals surface area contributed by atoms with E-state index in [1.807, 2.05) is 49.5 Å². The molecule has 0 heterocycles. The Kier molecular flexibility index (Phi) is 4.61. The van der Waals surface area contributed by atoms with Crippen LogP contribution in [0.5, 0.6) is 0 Å². The zero-order valence-corrected chi connectivity index (χ0v) is 12.8. The first-order chi connectivity index (χ1) is 9.09. The molecule has 0 spiro atoms. The average Bonchev–Trinajstić information content (AvgIpc) is 2.41. The van der Waals surface area contributed by atoms with Crippen LogP contribution in [0.2, 0.25) is 0 Å². The second-order valence-corrected chi connectivity index (χ2v) is 5.54. The number of hydrogen-bond donors (Lipinski definition) is 1. The van der Waals surface area contributed by atoms with Crippen molar-refractivity contribution in [3.05, 3.63) is 64.1 Å². The van der Waals surface area contributed by atoms with E-state index in [2.05, 4.69) is 26.9 Å². The lowest BCUT2D eigenvalue weighted by Crippen LogP contribution is -2.18. The van der Waals surface area contributed by atoms with Crippen LogP contribution in [0, 0.1) is 0 Å². The lowest BCUT2D eigenvalue weighted by Gasteiger charge is -2.24. The molecule has 1 N–H and O–H groups in total. The van der Waals surface area contributed by atoms with Gasteiger partial charge in [-0.3, -0.25) is 0 Å². The lowest BCUT2D eigenvalue weighted by atomic mass is 10.1. The molecule has 3 heteroatoms. The number of para-hydroxylation sites is 1. The molecule has 0 unspecified atom stereocenters. The van der Waals surface area contributed by atoms with Gasteiger partial charge in [-0.2, -0.15) is 0 Å². The van der Waals surface area contributed by atoms with Gasteiger partial charge in [-0.05, 0) is 24.6 Å². The standard InChI is InChI=1S/C16H18BrNO/c1-12(19)14-8-4-6-10-16(14)18(2)11-13-7-3-5-9-15(13)17/h3-10,12,19H,11H2,1-2H3/t12-/m1/s1. The van der Waals surface area contributed by atoms with E-state index >= 15 is 0 Å². The highest BCUT2D eigenvalue weighted by Crippen LogP contribution is 2.27. The minimum Gasteiger partial charge on any atom is -0.389 e. The Morgan fingerprint density at radius 3 is 2.42 bits per heavy atom. The number of hydrogen-bond acceptors (Lipinski definition) is 2. The molecular weight excluding hydrogens is 302 g/mol. The molecule has 2 aromatic carbocycles. The number of nitrogens with zero attached hydrogens (tertiary/aromatic N) is 1. The maximum Gasteiger partial charge on any atom is 0.0781 e. The number of benzene rings is 2. The van der Waals surface area contributed by atoms with Crippen molar-refractivity contribution in [3.63, 3.8) is 0 Å². The Morgan fingerprint density at radius 1 is 1.11 bits per heavy atom. The van der Waals surface area contributed by atoms with E-state index in [0.717, 1.165) is 22.3 Å². The summed E-state index contributed by atoms with van der Waals surface area (Å²) in [5.41, 5.74) is 3.25. The minimum absolute atomic E-state index is 0.460. The van der Waals surface area contributed by atoms with Crippen molar-refractivity contribution >= 4 is 21.6 Å². The van der Waals surface area contributed by atoms with Crippen molar-refractivity contribution in [1.82, 2.24) is 0 Å². The number of anilines is 1. The van der Waals surface area contributed by atoms with Gasteiger partial charge in [0.15, 0.2) is 0 Å². The summed E-state index contributed by atoms with van der Waals surface area (Å²) in [6.45, 7) is 2.59. The second kappa shape index (κ2) is 6.22. The quantitative estimate of drug-likeness (QED) is 0.915. The first-order valence-corrected chi connectivity index (χ1v) is 7.10. The first kappa shape index (κ1) is 14.1. The lowest BCUT2D eigenvalue weighted by molar-refractivity contribution is 0.199. The molecule has 0 radical (unpaired) electrons. The summed E-state index contributed by atoms with van der Waals surface area (Å²) in [5.74, 6) is 0. The van der Waals surface area contributed by atoms with Gasteiger partial charge < -0.3 is 10.0 Å². The van der Waals surface area contributed by atoms with E-state index in [-0.39, 0.29) is 0 Å². The van der Waals surface area contributed by atoms with Crippen molar-refractivity contribution in [1.29, 1.82) is 0 Å². The van der Waals surface area contributed by atoms with Gasteiger partial charge in [0, 0.05) is 29.3 Å². The van der Waals surface area contributed by atoms with Crippen LogP contribution >= 0.6 is 15.9 Å². The Labute approximate surface area is 122 Å². The molecule has 0 aliphatic rings. The summed E-state index contributed by atoms with van der Waals surface area (Å²) < 4.78 is 1.11. The average molecular weight is 320 g/mol. The summed E-state index contributed by atoms with van der Waals surface area (Å²) in [6.07, 6.45) is -0.460. The first-order valence-electron chi connectivity index (χ1n) is 6.31. The summed E-state index contributed by atoms with van der Waals surface area (Å²) in [6, 6.07) is 16.2. The SMILES string of the molecule is C[C@@H](O)c1ccccc1N(C)Cc1ccccc1Br. The van der Waals surface area contributed by atoms with E-state index in [0.29, 0.717) is 0 Å². The van der Waals surface area contributed by atoms with E-state index in [4.69, 9.17) is 0 Å². The van der Waals surface area contributed by atoms with E-state index in [1.54, 1.807) is 6.92 Å². The highest BCUT2D eigenvalue weighted by molar-refractivity contribution is 9.10. The fraction of sp³-hybridized carbons (Fsp3) is 0.250. The van der Waals surface area contributed by atoms with E-state index in [9.17, 15) is 5.11 Å². The van der Waals surface area contributed by atoms with Gasteiger partial charge >= 0.3 is 0 Å². The number of halogens is 1. The molecule has 2 rings (SSSR count). The van der Waals surface area contributed by atoms with Crippen molar-refractivity contribution in [2.24, 2.45) is 0 Å². The Bertz CT molecular complexity index is 554. The van der Waals surface area contributed by atoms with Crippen LogP contribution in [-0.2, 0) is 6.54 Å². The molecule has 0 saturated carbocycles. The smallest absolute Gasteiger partial charge is 0.0781 e. The van der Waals surface area contributed by atoms with Crippen molar-refractivity contribution in [3.8, 4) is 0 Å². The second-order valence-electron chi connectivity index (χ2n) is 4.68. The van der Waals surface area contributed by atoms with Crippen LogP contribution in [0.15, 0.2) is 53.0 Å². The molecule has 2 nitrogen and oxygen atoms in total. The molecule has 2 aromatic rings. The van der Waals surface area contributed by atoms with E-state index < -0.39 is 6.10 Å². The number of aliphatic hydroxyl groups excluding tert-OH is 1. The molecular formula is C16H18BrNO. The van der Waals surface area contributed by atoms with Crippen LogP contribution in [-0.4, -0.2) is 12.2 Å². The summed E-state index contributed by atoms with van der Waals surface area (Å²) in [7, 11) is 2.04. The van der Waals surface area contributed by atoms with Crippen LogP contribution in [0.1, 0.15) is 24.2 Å². The van der Waals surface area contributed by atoms with Gasteiger partial charge in [0.1, 0.15) is 0 Å². The summed E-state index contributed by atoms with van der Waals surface area (Å²) in [4.78, 5) is 2.15. The van der Waals surface area contributed by atoms with Gasteiger partial charge in [0.2, 0.25) is 0 Å². The minimum atomic E-state index is -0.460. The maximum atomic E-state index is 9.84. The van der Waals surface area contributed by atoms with Gasteiger partial charge in [-0.15, -0.1) is 0 Å². The molecule has 0 amide bonds. The van der Waals surface area contributed by atoms with Gasteiger partial charge in [-0.25, -0.2) is 0 Å². The molecule has 100 valence electrons. The van der Waals surface area contributed by atoms with Crippen molar-refractivity contribution in [2.45, 2.75) is 19.6 Å². The van der Waals surface area contributed by atoms with Crippen molar-refractivity contribution < 1.29 is 5.11 Å². The molecule has 0 aromatic heterocycles. The summed E-state index contributed by atoms with van der Waals surface area (Å²) in [5, 5.41) is 9.84. The van der Waals surface area contributed by atoms with Gasteiger partial charge in [0.25, 0.3) is 0 Å². The predicted octanol–water partition coefficient (Wildman–Crippen LogP) is 4.14. The zero-order chi connectivity index (χ0) is 13.8. The third kappa shape index (κ3) is 3.37. The van der Waals surface area contributed by atoms with Gasteiger partial charge in [0.05, 0.1) is 6.10 Å². The zero-order valence-electron chi connectivity index (χ0n) is 11.2. The topological polar surface area (TPSA) is 23.5 Å². The number of aliphatic hydroxyl groups is 1. The maximum absolute atomic E-state index is 9.84. The van der Waals surface area contributed by atoms with Crippen LogP contribution < -0.4 is 4.90 Å². The molecule has 0 saturated heterocycles. The highest BCUT2D eigenvalue weighted by atomic mass is 79.9. The third-order valence-corrected chi connectivity index (χ3v) is 3.94. The molecule has 1 atom stereocenters. The molecule has 19 heavy (non-hydrogen) atoms.